The average molecular weight is 886 g/mol. The lowest BCUT2D eigenvalue weighted by Crippen LogP contribution is -2.59. The lowest BCUT2D eigenvalue weighted by molar-refractivity contribution is -0.163. The maximum absolute atomic E-state index is 15.4. The first-order valence-electron chi connectivity index (χ1n) is 20.8. The Labute approximate surface area is 361 Å². The molecule has 1 spiro atoms. The monoisotopic (exact) mass is 884 g/mol. The smallest absolute Gasteiger partial charge is 0.313 e. The van der Waals surface area contributed by atoms with E-state index in [9.17, 15) is 14.7 Å². The normalized spacial score (nSPS) is 24.2. The van der Waals surface area contributed by atoms with Crippen LogP contribution in [0.1, 0.15) is 50.3 Å². The molecule has 12 nitrogen and oxygen atoms in total. The number of benzene rings is 3. The van der Waals surface area contributed by atoms with Gasteiger partial charge in [-0.2, -0.15) is 0 Å². The number of halogens is 1. The Morgan fingerprint density at radius 3 is 2.25 bits per heavy atom. The number of ether oxygens (including phenoxy) is 3. The summed E-state index contributed by atoms with van der Waals surface area (Å²) in [6, 6.07) is 23.4. The standard InChI is InChI=1S/C47H57BrN4O8/c1-6-10-21-38(54)49-37(30-58-5)41(32-19-15-12-16-20-32)59-46(57)39-40-44(55)52(35(29-53)27-31-17-13-11-14-18-31)43(47(40)28-36(48)42(39)60-47)45(56)51(26-7-2)34-24-22-33(23-25-34)50(8-3)9-4/h6-7,11-20,22-25,35-37,39-43,53H,1-2,8-10,21,26-30H2,3-5H3,(H,49,54)/t35-,36?,37-,39+,40-,41-,42+,43+,47-/m1/s1. The number of anilines is 2. The molecule has 320 valence electrons. The molecule has 3 aliphatic rings. The van der Waals surface area contributed by atoms with E-state index >= 15 is 9.59 Å². The van der Waals surface area contributed by atoms with Gasteiger partial charge in [0.2, 0.25) is 11.8 Å². The van der Waals surface area contributed by atoms with Crippen LogP contribution in [0.3, 0.4) is 0 Å². The molecule has 3 heterocycles. The third-order valence-electron chi connectivity index (χ3n) is 12.0. The van der Waals surface area contributed by atoms with Crippen molar-refractivity contribution in [1.82, 2.24) is 10.2 Å². The first kappa shape index (κ1) is 44.7. The summed E-state index contributed by atoms with van der Waals surface area (Å²) in [6.07, 6.45) is 2.64. The number of hydrogen-bond donors (Lipinski definition) is 2. The molecule has 60 heavy (non-hydrogen) atoms. The first-order valence-corrected chi connectivity index (χ1v) is 21.7. The fraction of sp³-hybridized carbons (Fsp3) is 0.447. The summed E-state index contributed by atoms with van der Waals surface area (Å²) in [5.41, 5.74) is 1.65. The minimum Gasteiger partial charge on any atom is -0.455 e. The number of allylic oxidation sites excluding steroid dienone is 1. The molecule has 13 heteroatoms. The number of nitrogens with one attached hydrogen (secondary N) is 1. The Bertz CT molecular complexity index is 1960. The summed E-state index contributed by atoms with van der Waals surface area (Å²) in [7, 11) is 1.50. The van der Waals surface area contributed by atoms with Gasteiger partial charge in [0, 0.05) is 49.4 Å². The van der Waals surface area contributed by atoms with Crippen molar-refractivity contribution in [3.63, 3.8) is 0 Å². The van der Waals surface area contributed by atoms with E-state index in [1.165, 1.54) is 12.0 Å². The summed E-state index contributed by atoms with van der Waals surface area (Å²) in [6.45, 7) is 13.2. The van der Waals surface area contributed by atoms with Gasteiger partial charge in [0.1, 0.15) is 17.7 Å². The molecule has 0 saturated carbocycles. The second-order valence-corrected chi connectivity index (χ2v) is 16.8. The fourth-order valence-corrected chi connectivity index (χ4v) is 10.2. The van der Waals surface area contributed by atoms with Crippen LogP contribution in [0, 0.1) is 11.8 Å². The van der Waals surface area contributed by atoms with Crippen LogP contribution in [0.25, 0.3) is 0 Å². The maximum Gasteiger partial charge on any atom is 0.313 e. The number of carbonyl (C=O) groups excluding carboxylic acids is 4. The van der Waals surface area contributed by atoms with Gasteiger partial charge in [-0.15, -0.1) is 13.2 Å². The number of aliphatic hydroxyl groups is 1. The van der Waals surface area contributed by atoms with Crippen LogP contribution in [0.5, 0.6) is 0 Å². The van der Waals surface area contributed by atoms with E-state index in [4.69, 9.17) is 14.2 Å². The van der Waals surface area contributed by atoms with Crippen LogP contribution in [0.15, 0.2) is 110 Å². The molecule has 0 aromatic heterocycles. The number of hydrogen-bond acceptors (Lipinski definition) is 9. The highest BCUT2D eigenvalue weighted by atomic mass is 79.9. The number of aliphatic hydroxyl groups excluding tert-OH is 1. The van der Waals surface area contributed by atoms with Crippen LogP contribution < -0.4 is 15.1 Å². The number of carbonyl (C=O) groups is 4. The van der Waals surface area contributed by atoms with Crippen LogP contribution in [-0.4, -0.2) is 108 Å². The van der Waals surface area contributed by atoms with Gasteiger partial charge in [0.25, 0.3) is 5.91 Å². The van der Waals surface area contributed by atoms with Gasteiger partial charge in [-0.1, -0.05) is 88.7 Å². The molecule has 3 aromatic carbocycles. The number of likely N-dealkylation sites (tertiary alicyclic amines) is 1. The van der Waals surface area contributed by atoms with Crippen LogP contribution >= 0.6 is 15.9 Å². The Hall–Kier alpha value is -4.82. The second-order valence-electron chi connectivity index (χ2n) is 15.6. The van der Waals surface area contributed by atoms with Gasteiger partial charge in [0.05, 0.1) is 43.2 Å². The number of alkyl halides is 1. The Balaban J connectivity index is 1.41. The summed E-state index contributed by atoms with van der Waals surface area (Å²) in [5, 5.41) is 14.0. The zero-order chi connectivity index (χ0) is 43.0. The number of methoxy groups -OCH3 is 1. The minimum atomic E-state index is -1.45. The molecule has 9 atom stereocenters. The van der Waals surface area contributed by atoms with Crippen molar-refractivity contribution < 1.29 is 38.5 Å². The highest BCUT2D eigenvalue weighted by Gasteiger charge is 2.77. The van der Waals surface area contributed by atoms with E-state index in [1.807, 2.05) is 72.8 Å². The van der Waals surface area contributed by atoms with Crippen molar-refractivity contribution in [3.05, 3.63) is 121 Å². The van der Waals surface area contributed by atoms with E-state index < -0.39 is 77.0 Å². The molecule has 0 aliphatic carbocycles. The molecule has 2 N–H and O–H groups in total. The van der Waals surface area contributed by atoms with E-state index in [0.29, 0.717) is 17.7 Å². The van der Waals surface area contributed by atoms with E-state index in [0.717, 1.165) is 24.3 Å². The predicted molar refractivity (Wildman–Crippen MR) is 235 cm³/mol. The largest absolute Gasteiger partial charge is 0.455 e. The molecule has 3 aromatic rings. The molecule has 3 saturated heterocycles. The average Bonchev–Trinajstić information content (AvgIpc) is 3.87. The SMILES string of the molecule is C=CCCC(=O)N[C@H](COC)[C@H](OC(=O)[C@@H]1[C@H]2O[C@@]3(CC2Br)[C@H](C(=O)N(CC=C)c2ccc(N(CC)CC)cc2)N([C@@H](CO)Cc2ccccc2)C(=O)[C@@H]13)c1ccccc1. The summed E-state index contributed by atoms with van der Waals surface area (Å²) in [4.78, 5) is 63.5. The van der Waals surface area contributed by atoms with E-state index in [-0.39, 0.29) is 38.3 Å². The Morgan fingerprint density at radius 1 is 1.00 bits per heavy atom. The highest BCUT2D eigenvalue weighted by molar-refractivity contribution is 9.09. The number of nitrogens with zero attached hydrogens (tertiary/aromatic N) is 3. The number of amides is 3. The molecule has 1 unspecified atom stereocenters. The van der Waals surface area contributed by atoms with Crippen LogP contribution in [0.2, 0.25) is 0 Å². The molecule has 0 radical (unpaired) electrons. The second kappa shape index (κ2) is 20.2. The third-order valence-corrected chi connectivity index (χ3v) is 12.9. The van der Waals surface area contributed by atoms with Gasteiger partial charge in [-0.3, -0.25) is 19.2 Å². The molecule has 3 amide bonds. The van der Waals surface area contributed by atoms with E-state index in [2.05, 4.69) is 53.2 Å². The van der Waals surface area contributed by atoms with Gasteiger partial charge in [-0.25, -0.2) is 0 Å². The van der Waals surface area contributed by atoms with Crippen molar-refractivity contribution in [1.29, 1.82) is 0 Å². The lowest BCUT2D eigenvalue weighted by atomic mass is 9.70. The molecule has 3 fully saturated rings. The van der Waals surface area contributed by atoms with Gasteiger partial charge in [-0.05, 0) is 68.5 Å². The maximum atomic E-state index is 15.4. The Morgan fingerprint density at radius 2 is 1.65 bits per heavy atom. The van der Waals surface area contributed by atoms with Crippen molar-refractivity contribution in [3.8, 4) is 0 Å². The number of rotatable bonds is 21. The molecular formula is C47H57BrN4O8. The third kappa shape index (κ3) is 8.95. The van der Waals surface area contributed by atoms with Crippen molar-refractivity contribution >= 4 is 51.0 Å². The fourth-order valence-electron chi connectivity index (χ4n) is 9.30. The van der Waals surface area contributed by atoms with Crippen molar-refractivity contribution in [2.24, 2.45) is 11.8 Å². The first-order chi connectivity index (χ1) is 29.1. The lowest BCUT2D eigenvalue weighted by Gasteiger charge is -2.39. The van der Waals surface area contributed by atoms with Crippen molar-refractivity contribution in [2.75, 3.05) is 49.8 Å². The summed E-state index contributed by atoms with van der Waals surface area (Å²) < 4.78 is 18.8. The zero-order valence-electron chi connectivity index (χ0n) is 34.7. The predicted octanol–water partition coefficient (Wildman–Crippen LogP) is 5.79. The van der Waals surface area contributed by atoms with Crippen molar-refractivity contribution in [2.45, 2.75) is 80.3 Å². The summed E-state index contributed by atoms with van der Waals surface area (Å²) in [5.74, 6) is -4.08. The highest BCUT2D eigenvalue weighted by Crippen LogP contribution is 2.61. The van der Waals surface area contributed by atoms with Gasteiger partial charge in [0.15, 0.2) is 0 Å². The number of esters is 1. The van der Waals surface area contributed by atoms with E-state index in [1.54, 1.807) is 29.2 Å². The van der Waals surface area contributed by atoms with Gasteiger partial charge < -0.3 is 39.3 Å². The zero-order valence-corrected chi connectivity index (χ0v) is 36.2. The van der Waals surface area contributed by atoms with Gasteiger partial charge >= 0.3 is 5.97 Å². The van der Waals surface area contributed by atoms with Crippen LogP contribution in [-0.2, 0) is 39.8 Å². The molecule has 6 rings (SSSR count). The minimum absolute atomic E-state index is 0.0295. The molecular weight excluding hydrogens is 828 g/mol. The Kier molecular flexibility index (Phi) is 15.0. The molecule has 3 aliphatic heterocycles. The molecule has 2 bridgehead atoms. The van der Waals surface area contributed by atoms with Crippen LogP contribution in [0.4, 0.5) is 11.4 Å². The summed E-state index contributed by atoms with van der Waals surface area (Å²) >= 11 is 3.79. The quantitative estimate of drug-likeness (QED) is 0.0775. The number of fused-ring (bicyclic) bond motifs is 1. The topological polar surface area (TPSA) is 138 Å².